The zero-order chi connectivity index (χ0) is 11.7. The van der Waals surface area contributed by atoms with Crippen LogP contribution < -0.4 is 64.4 Å². The van der Waals surface area contributed by atoms with E-state index in [2.05, 4.69) is 17.9 Å². The molecule has 1 atom stereocenters. The summed E-state index contributed by atoms with van der Waals surface area (Å²) in [4.78, 5) is 20.5. The Morgan fingerprint density at radius 1 is 1.44 bits per heavy atom. The molecule has 0 aliphatic heterocycles. The van der Waals surface area contributed by atoms with Crippen molar-refractivity contribution in [2.45, 2.75) is 13.0 Å². The molecule has 0 aromatic rings. The van der Waals surface area contributed by atoms with Crippen LogP contribution >= 0.6 is 12.6 Å². The van der Waals surface area contributed by atoms with Gasteiger partial charge < -0.3 is 19.5 Å². The van der Waals surface area contributed by atoms with Crippen LogP contribution in [0, 0.1) is 0 Å². The maximum absolute atomic E-state index is 10.3. The molecule has 0 heterocycles. The van der Waals surface area contributed by atoms with Gasteiger partial charge in [-0.3, -0.25) is 9.00 Å². The fourth-order valence-electron chi connectivity index (χ4n) is 0.431. The van der Waals surface area contributed by atoms with Crippen molar-refractivity contribution in [2.75, 3.05) is 5.75 Å². The number of carbonyl (C=O) groups excluding carboxylic acids is 1. The molecule has 0 saturated heterocycles. The van der Waals surface area contributed by atoms with E-state index in [0.717, 1.165) is 0 Å². The van der Waals surface area contributed by atoms with Crippen LogP contribution in [0.25, 0.3) is 0 Å². The summed E-state index contributed by atoms with van der Waals surface area (Å²) in [5.74, 6) is -1.32. The summed E-state index contributed by atoms with van der Waals surface area (Å²) in [6, 6.07) is -0.874. The molecule has 0 rings (SSSR count). The molecule has 0 aliphatic rings. The average Bonchev–Trinajstić information content (AvgIpc) is 1.98. The van der Waals surface area contributed by atoms with Crippen molar-refractivity contribution >= 4 is 35.9 Å². The number of carboxylic acids is 1. The van der Waals surface area contributed by atoms with Gasteiger partial charge in [0.25, 0.3) is 0 Å². The van der Waals surface area contributed by atoms with E-state index in [1.807, 2.05) is 0 Å². The molecule has 0 aromatic carbocycles. The van der Waals surface area contributed by atoms with Crippen molar-refractivity contribution < 1.29 is 87.1 Å². The van der Waals surface area contributed by atoms with Crippen LogP contribution in [-0.4, -0.2) is 42.1 Å². The van der Waals surface area contributed by atoms with Crippen molar-refractivity contribution in [1.82, 2.24) is 5.32 Å². The van der Waals surface area contributed by atoms with Gasteiger partial charge >= 0.3 is 65.1 Å². The van der Waals surface area contributed by atoms with Gasteiger partial charge in [-0.1, -0.05) is 0 Å². The van der Waals surface area contributed by atoms with E-state index in [-0.39, 0.29) is 70.8 Å². The Bertz CT molecular complexity index is 225. The van der Waals surface area contributed by atoms with Crippen LogP contribution in [0.3, 0.4) is 0 Å². The molecule has 0 saturated carbocycles. The zero-order valence-electron chi connectivity index (χ0n) is 9.13. The average molecular weight is 289 g/mol. The maximum Gasteiger partial charge on any atom is 1.00 e. The molecule has 0 bridgehead atoms. The number of carbonyl (C=O) groups is 2. The number of hydrogen-bond donors (Lipinski definition) is 3. The van der Waals surface area contributed by atoms with E-state index >= 15 is 0 Å². The van der Waals surface area contributed by atoms with Gasteiger partial charge in [0.05, 0.1) is 0 Å². The smallest absolute Gasteiger partial charge is 0.784 e. The van der Waals surface area contributed by atoms with E-state index in [1.165, 1.54) is 6.92 Å². The summed E-state index contributed by atoms with van der Waals surface area (Å²) in [7, 11) is 0. The van der Waals surface area contributed by atoms with Gasteiger partial charge in [0.2, 0.25) is 5.91 Å². The standard InChI is InChI=1S/C5H9NO3S.2Na.H2O3S/c1-3(7)6-4(2-10)5(8)9;;;1-4(2)3/h4,10H,2H2,1H3,(H,6,7)(H,8,9);;;(H2,1,2,3)/q;2*+1;/p-2/t4-;;;/m0.../s1. The predicted octanol–water partition coefficient (Wildman–Crippen LogP) is -7.49. The Morgan fingerprint density at radius 2 is 1.75 bits per heavy atom. The van der Waals surface area contributed by atoms with Crippen LogP contribution in [0.4, 0.5) is 0 Å². The van der Waals surface area contributed by atoms with Crippen molar-refractivity contribution in [1.29, 1.82) is 0 Å². The summed E-state index contributed by atoms with van der Waals surface area (Å²) in [5.41, 5.74) is 0. The second-order valence-corrected chi connectivity index (χ2v) is 2.75. The normalized spacial score (nSPS) is 9.81. The summed E-state index contributed by atoms with van der Waals surface area (Å²) in [5, 5.41) is 10.6. The number of carboxylic acid groups (broad SMARTS) is 1. The maximum atomic E-state index is 10.3. The first-order chi connectivity index (χ1) is 6.31. The molecule has 0 radical (unpaired) electrons. The van der Waals surface area contributed by atoms with E-state index in [0.29, 0.717) is 0 Å². The Kier molecular flexibility index (Phi) is 26.6. The van der Waals surface area contributed by atoms with Crippen LogP contribution in [0.5, 0.6) is 0 Å². The number of thiol groups is 1. The third kappa shape index (κ3) is 24.5. The number of aliphatic carboxylic acids is 1. The largest absolute Gasteiger partial charge is 1.00 e. The summed E-state index contributed by atoms with van der Waals surface area (Å²) in [6.07, 6.45) is 0. The first-order valence-corrected chi connectivity index (χ1v) is 4.82. The third-order valence-corrected chi connectivity index (χ3v) is 1.22. The number of rotatable bonds is 3. The van der Waals surface area contributed by atoms with E-state index in [1.54, 1.807) is 0 Å². The second-order valence-electron chi connectivity index (χ2n) is 1.98. The van der Waals surface area contributed by atoms with E-state index < -0.39 is 23.4 Å². The Hall–Kier alpha value is 1.36. The molecule has 0 unspecified atom stereocenters. The van der Waals surface area contributed by atoms with Gasteiger partial charge in [-0.15, -0.1) is 11.4 Å². The summed E-state index contributed by atoms with van der Waals surface area (Å²) in [6.45, 7) is 1.26. The predicted molar refractivity (Wildman–Crippen MR) is 48.8 cm³/mol. The first kappa shape index (κ1) is 26.0. The quantitative estimate of drug-likeness (QED) is 0.269. The minimum absolute atomic E-state index is 0. The van der Waals surface area contributed by atoms with Gasteiger partial charge in [-0.2, -0.15) is 12.6 Å². The Balaban J connectivity index is -0.000000105. The van der Waals surface area contributed by atoms with Crippen LogP contribution in [0.15, 0.2) is 0 Å². The van der Waals surface area contributed by atoms with Crippen LogP contribution in [0.1, 0.15) is 6.92 Å². The van der Waals surface area contributed by atoms with Crippen LogP contribution in [0.2, 0.25) is 0 Å². The van der Waals surface area contributed by atoms with Gasteiger partial charge in [-0.05, 0) is 0 Å². The van der Waals surface area contributed by atoms with Gasteiger partial charge in [-0.25, -0.2) is 4.79 Å². The van der Waals surface area contributed by atoms with Crippen molar-refractivity contribution in [2.24, 2.45) is 0 Å². The molecule has 11 heteroatoms. The van der Waals surface area contributed by atoms with E-state index in [9.17, 15) is 9.59 Å². The Morgan fingerprint density at radius 3 is 1.81 bits per heavy atom. The molecule has 0 aliphatic carbocycles. The molecular weight excluding hydrogens is 280 g/mol. The van der Waals surface area contributed by atoms with Crippen molar-refractivity contribution in [3.8, 4) is 0 Å². The number of amides is 1. The fraction of sp³-hybridized carbons (Fsp3) is 0.600. The topological polar surface area (TPSA) is 130 Å². The molecule has 16 heavy (non-hydrogen) atoms. The van der Waals surface area contributed by atoms with Crippen molar-refractivity contribution in [3.05, 3.63) is 0 Å². The molecule has 0 aromatic heterocycles. The second kappa shape index (κ2) is 16.4. The van der Waals surface area contributed by atoms with Crippen LogP contribution in [-0.2, 0) is 21.0 Å². The third-order valence-electron chi connectivity index (χ3n) is 0.858. The molecular formula is C5H9NNa2O6S2. The van der Waals surface area contributed by atoms with Crippen molar-refractivity contribution in [3.63, 3.8) is 0 Å². The number of nitrogens with one attached hydrogen (secondary N) is 1. The zero-order valence-corrected chi connectivity index (χ0v) is 14.8. The summed E-state index contributed by atoms with van der Waals surface area (Å²) >= 11 is 0.623. The fourth-order valence-corrected chi connectivity index (χ4v) is 0.678. The molecule has 0 fully saturated rings. The molecule has 7 nitrogen and oxygen atoms in total. The van der Waals surface area contributed by atoms with Gasteiger partial charge in [0, 0.05) is 12.7 Å². The van der Waals surface area contributed by atoms with E-state index in [4.69, 9.17) is 18.4 Å². The molecule has 84 valence electrons. The minimum Gasteiger partial charge on any atom is -0.784 e. The number of hydrogen-bond acceptors (Lipinski definition) is 6. The Labute approximate surface area is 145 Å². The van der Waals surface area contributed by atoms with Gasteiger partial charge in [0.1, 0.15) is 6.04 Å². The first-order valence-electron chi connectivity index (χ1n) is 3.18. The monoisotopic (exact) mass is 289 g/mol. The molecule has 2 N–H and O–H groups in total. The van der Waals surface area contributed by atoms with Gasteiger partial charge in [0.15, 0.2) is 0 Å². The molecule has 0 spiro atoms. The molecule has 1 amide bonds. The SMILES string of the molecule is CC(=O)N[C@@H](CS)C(=O)O.O=S([O-])[O-].[Na+].[Na+]. The minimum atomic E-state index is -3.11. The summed E-state index contributed by atoms with van der Waals surface area (Å²) < 4.78 is 25.3.